The third-order valence-electron chi connectivity index (χ3n) is 2.71. The lowest BCUT2D eigenvalue weighted by atomic mass is 9.94. The van der Waals surface area contributed by atoms with Gasteiger partial charge in [0.1, 0.15) is 5.60 Å². The molecule has 1 unspecified atom stereocenters. The average Bonchev–Trinajstić information content (AvgIpc) is 2.41. The van der Waals surface area contributed by atoms with Gasteiger partial charge in [0.15, 0.2) is 0 Å². The van der Waals surface area contributed by atoms with E-state index < -0.39 is 35.7 Å². The highest BCUT2D eigenvalue weighted by Crippen LogP contribution is 2.16. The van der Waals surface area contributed by atoms with Gasteiger partial charge in [-0.3, -0.25) is 9.59 Å². The molecule has 0 heterocycles. The maximum Gasteiger partial charge on any atom is 0.407 e. The van der Waals surface area contributed by atoms with Crippen molar-refractivity contribution in [2.24, 2.45) is 5.92 Å². The van der Waals surface area contributed by atoms with Gasteiger partial charge in [0, 0.05) is 12.5 Å². The molecule has 0 rings (SSSR count). The van der Waals surface area contributed by atoms with Crippen molar-refractivity contribution in [3.8, 4) is 0 Å². The number of carbonyl (C=O) groups excluding carboxylic acids is 3. The van der Waals surface area contributed by atoms with E-state index in [1.54, 1.807) is 20.8 Å². The van der Waals surface area contributed by atoms with Crippen LogP contribution in [0, 0.1) is 5.92 Å². The van der Waals surface area contributed by atoms with Crippen molar-refractivity contribution >= 4 is 18.0 Å². The second kappa shape index (κ2) is 9.24. The number of aliphatic hydroxyl groups is 1. The van der Waals surface area contributed by atoms with Gasteiger partial charge in [-0.05, 0) is 20.8 Å². The number of methoxy groups -OCH3 is 2. The molecule has 0 saturated heterocycles. The summed E-state index contributed by atoms with van der Waals surface area (Å²) in [5.41, 5.74) is -0.660. The van der Waals surface area contributed by atoms with Crippen molar-refractivity contribution in [3.05, 3.63) is 0 Å². The van der Waals surface area contributed by atoms with Gasteiger partial charge in [0.05, 0.1) is 33.2 Å². The van der Waals surface area contributed by atoms with Crippen molar-refractivity contribution in [1.82, 2.24) is 5.32 Å². The number of hydrogen-bond acceptors (Lipinski definition) is 7. The van der Waals surface area contributed by atoms with E-state index in [-0.39, 0.29) is 19.4 Å². The van der Waals surface area contributed by atoms with Crippen LogP contribution >= 0.6 is 0 Å². The van der Waals surface area contributed by atoms with Crippen LogP contribution < -0.4 is 5.32 Å². The van der Waals surface area contributed by atoms with Crippen LogP contribution in [0.15, 0.2) is 0 Å². The summed E-state index contributed by atoms with van der Waals surface area (Å²) in [5.74, 6) is -1.86. The van der Waals surface area contributed by atoms with Crippen LogP contribution in [0.4, 0.5) is 4.79 Å². The minimum absolute atomic E-state index is 0.159. The number of nitrogens with one attached hydrogen (secondary N) is 1. The van der Waals surface area contributed by atoms with E-state index in [4.69, 9.17) is 4.74 Å². The predicted molar refractivity (Wildman–Crippen MR) is 77.0 cm³/mol. The smallest absolute Gasteiger partial charge is 0.407 e. The Morgan fingerprint density at radius 1 is 1.05 bits per heavy atom. The third kappa shape index (κ3) is 9.17. The molecule has 0 saturated carbocycles. The molecule has 0 fully saturated rings. The van der Waals surface area contributed by atoms with E-state index in [9.17, 15) is 19.5 Å². The van der Waals surface area contributed by atoms with Gasteiger partial charge in [-0.2, -0.15) is 0 Å². The number of carbonyl (C=O) groups is 3. The van der Waals surface area contributed by atoms with Gasteiger partial charge in [-0.1, -0.05) is 0 Å². The zero-order valence-electron chi connectivity index (χ0n) is 13.7. The second-order valence-corrected chi connectivity index (χ2v) is 5.77. The predicted octanol–water partition coefficient (Wildman–Crippen LogP) is 0.614. The molecule has 0 radical (unpaired) electrons. The topological polar surface area (TPSA) is 111 Å². The Hall–Kier alpha value is -1.83. The normalized spacial score (nSPS) is 12.5. The van der Waals surface area contributed by atoms with E-state index >= 15 is 0 Å². The highest BCUT2D eigenvalue weighted by atomic mass is 16.6. The molecule has 0 aliphatic carbocycles. The standard InChI is InChI=1S/C14H25NO7/c1-14(2,3)22-13(19)15-8-10(16)9(6-11(17)20-4)7-12(18)21-5/h9-10,16H,6-8H2,1-5H3,(H,15,19). The van der Waals surface area contributed by atoms with E-state index in [0.717, 1.165) is 0 Å². The SMILES string of the molecule is COC(=O)CC(CC(=O)OC)C(O)CNC(=O)OC(C)(C)C. The van der Waals surface area contributed by atoms with Gasteiger partial charge in [0.25, 0.3) is 0 Å². The summed E-state index contributed by atoms with van der Waals surface area (Å²) in [6, 6.07) is 0. The molecule has 1 atom stereocenters. The summed E-state index contributed by atoms with van der Waals surface area (Å²) in [6.45, 7) is 4.97. The summed E-state index contributed by atoms with van der Waals surface area (Å²) in [4.78, 5) is 34.2. The van der Waals surface area contributed by atoms with Crippen molar-refractivity contribution in [3.63, 3.8) is 0 Å². The van der Waals surface area contributed by atoms with Gasteiger partial charge < -0.3 is 24.6 Å². The first-order valence-corrected chi connectivity index (χ1v) is 6.87. The number of hydrogen-bond donors (Lipinski definition) is 2. The van der Waals surface area contributed by atoms with Gasteiger partial charge in [0.2, 0.25) is 0 Å². The molecule has 1 amide bonds. The number of amides is 1. The number of aliphatic hydroxyl groups excluding tert-OH is 1. The number of ether oxygens (including phenoxy) is 3. The molecule has 8 nitrogen and oxygen atoms in total. The molecule has 0 aromatic heterocycles. The van der Waals surface area contributed by atoms with Crippen LogP contribution in [-0.4, -0.2) is 55.6 Å². The molecule has 0 bridgehead atoms. The molecular formula is C14H25NO7. The molecule has 0 aliphatic heterocycles. The molecule has 22 heavy (non-hydrogen) atoms. The number of rotatable bonds is 7. The molecule has 8 heteroatoms. The van der Waals surface area contributed by atoms with Gasteiger partial charge >= 0.3 is 18.0 Å². The zero-order valence-corrected chi connectivity index (χ0v) is 13.7. The highest BCUT2D eigenvalue weighted by molar-refractivity contribution is 5.73. The lowest BCUT2D eigenvalue weighted by Crippen LogP contribution is -2.40. The van der Waals surface area contributed by atoms with Crippen molar-refractivity contribution in [2.75, 3.05) is 20.8 Å². The Balaban J connectivity index is 4.54. The summed E-state index contributed by atoms with van der Waals surface area (Å²) < 4.78 is 14.1. The Bertz CT molecular complexity index is 371. The summed E-state index contributed by atoms with van der Waals surface area (Å²) in [5, 5.41) is 12.4. The lowest BCUT2D eigenvalue weighted by molar-refractivity contribution is -0.146. The maximum absolute atomic E-state index is 11.5. The third-order valence-corrected chi connectivity index (χ3v) is 2.71. The first-order valence-electron chi connectivity index (χ1n) is 6.87. The molecule has 2 N–H and O–H groups in total. The molecular weight excluding hydrogens is 294 g/mol. The molecule has 0 aromatic rings. The highest BCUT2D eigenvalue weighted by Gasteiger charge is 2.27. The van der Waals surface area contributed by atoms with Crippen molar-refractivity contribution in [1.29, 1.82) is 0 Å². The van der Waals surface area contributed by atoms with E-state index in [1.165, 1.54) is 14.2 Å². The Morgan fingerprint density at radius 3 is 1.86 bits per heavy atom. The Kier molecular flexibility index (Phi) is 8.47. The second-order valence-electron chi connectivity index (χ2n) is 5.77. The van der Waals surface area contributed by atoms with Crippen LogP contribution in [0.1, 0.15) is 33.6 Å². The zero-order chi connectivity index (χ0) is 17.3. The molecule has 0 aromatic carbocycles. The largest absolute Gasteiger partial charge is 0.469 e. The fourth-order valence-electron chi connectivity index (χ4n) is 1.61. The average molecular weight is 319 g/mol. The van der Waals surface area contributed by atoms with Crippen LogP contribution in [0.25, 0.3) is 0 Å². The monoisotopic (exact) mass is 319 g/mol. The molecule has 0 spiro atoms. The van der Waals surface area contributed by atoms with Crippen LogP contribution in [-0.2, 0) is 23.8 Å². The summed E-state index contributed by atoms with van der Waals surface area (Å²) in [6.07, 6.45) is -2.14. The molecule has 0 aliphatic rings. The lowest BCUT2D eigenvalue weighted by Gasteiger charge is -2.23. The van der Waals surface area contributed by atoms with Crippen molar-refractivity contribution in [2.45, 2.75) is 45.3 Å². The number of esters is 2. The number of alkyl carbamates (subject to hydrolysis) is 1. The maximum atomic E-state index is 11.5. The van der Waals surface area contributed by atoms with Gasteiger partial charge in [-0.15, -0.1) is 0 Å². The molecule has 128 valence electrons. The Labute approximate surface area is 130 Å². The summed E-state index contributed by atoms with van der Waals surface area (Å²) >= 11 is 0. The minimum Gasteiger partial charge on any atom is -0.469 e. The van der Waals surface area contributed by atoms with E-state index in [2.05, 4.69) is 14.8 Å². The first kappa shape index (κ1) is 20.2. The first-order chi connectivity index (χ1) is 10.1. The fraction of sp³-hybridized carbons (Fsp3) is 0.786. The minimum atomic E-state index is -1.12. The Morgan fingerprint density at radius 2 is 1.50 bits per heavy atom. The van der Waals surface area contributed by atoms with E-state index in [1.807, 2.05) is 0 Å². The van der Waals surface area contributed by atoms with Crippen LogP contribution in [0.2, 0.25) is 0 Å². The van der Waals surface area contributed by atoms with Crippen molar-refractivity contribution < 1.29 is 33.7 Å². The fourth-order valence-corrected chi connectivity index (χ4v) is 1.61. The van der Waals surface area contributed by atoms with Gasteiger partial charge in [-0.25, -0.2) is 4.79 Å². The van der Waals surface area contributed by atoms with Crippen LogP contribution in [0.5, 0.6) is 0 Å². The quantitative estimate of drug-likeness (QED) is 0.522. The summed E-state index contributed by atoms with van der Waals surface area (Å²) in [7, 11) is 2.42. The van der Waals surface area contributed by atoms with Crippen LogP contribution in [0.3, 0.4) is 0 Å². The van der Waals surface area contributed by atoms with E-state index in [0.29, 0.717) is 0 Å².